The molecule has 15 heavy (non-hydrogen) atoms. The highest BCUT2D eigenvalue weighted by Crippen LogP contribution is 2.40. The SMILES string of the molecule is Cc1ncsc1C(C)NCC1(C)CCC1. The Labute approximate surface area is 96.1 Å². The molecule has 1 N–H and O–H groups in total. The van der Waals surface area contributed by atoms with Crippen LogP contribution in [0, 0.1) is 12.3 Å². The maximum absolute atomic E-state index is 4.29. The van der Waals surface area contributed by atoms with Gasteiger partial charge in [-0.2, -0.15) is 0 Å². The highest BCUT2D eigenvalue weighted by molar-refractivity contribution is 7.09. The molecule has 0 aliphatic heterocycles. The van der Waals surface area contributed by atoms with Crippen LogP contribution < -0.4 is 5.32 Å². The molecule has 0 saturated heterocycles. The fourth-order valence-electron chi connectivity index (χ4n) is 2.18. The second-order valence-corrected chi connectivity index (χ2v) is 5.96. The predicted octanol–water partition coefficient (Wildman–Crippen LogP) is 3.29. The number of aromatic nitrogens is 1. The van der Waals surface area contributed by atoms with Crippen molar-refractivity contribution >= 4 is 11.3 Å². The van der Waals surface area contributed by atoms with E-state index < -0.39 is 0 Å². The highest BCUT2D eigenvalue weighted by atomic mass is 32.1. The van der Waals surface area contributed by atoms with Crippen molar-refractivity contribution in [2.45, 2.75) is 46.1 Å². The standard InChI is InChI=1S/C12H20N2S/c1-9(11-10(2)14-8-15-11)13-7-12(3)5-4-6-12/h8-9,13H,4-7H2,1-3H3. The van der Waals surface area contributed by atoms with Crippen LogP contribution in [-0.4, -0.2) is 11.5 Å². The smallest absolute Gasteiger partial charge is 0.0798 e. The summed E-state index contributed by atoms with van der Waals surface area (Å²) in [7, 11) is 0. The van der Waals surface area contributed by atoms with Gasteiger partial charge in [-0.15, -0.1) is 11.3 Å². The maximum atomic E-state index is 4.29. The van der Waals surface area contributed by atoms with Crippen molar-refractivity contribution in [2.24, 2.45) is 5.41 Å². The summed E-state index contributed by atoms with van der Waals surface area (Å²) in [5, 5.41) is 3.64. The summed E-state index contributed by atoms with van der Waals surface area (Å²) in [4.78, 5) is 5.68. The Balaban J connectivity index is 1.87. The Kier molecular flexibility index (Phi) is 3.12. The molecule has 3 heteroatoms. The molecule has 2 nitrogen and oxygen atoms in total. The second-order valence-electron chi connectivity index (χ2n) is 5.07. The molecule has 0 radical (unpaired) electrons. The normalized spacial score (nSPS) is 21.0. The Morgan fingerprint density at radius 3 is 2.80 bits per heavy atom. The average Bonchev–Trinajstić information content (AvgIpc) is 2.58. The zero-order valence-electron chi connectivity index (χ0n) is 9.84. The molecule has 1 unspecified atom stereocenters. The molecule has 1 heterocycles. The van der Waals surface area contributed by atoms with Crippen LogP contribution >= 0.6 is 11.3 Å². The first-order valence-corrected chi connectivity index (χ1v) is 6.62. The molecule has 1 aliphatic carbocycles. The molecule has 1 fully saturated rings. The van der Waals surface area contributed by atoms with Gasteiger partial charge in [0.2, 0.25) is 0 Å². The van der Waals surface area contributed by atoms with Crippen molar-refractivity contribution in [1.82, 2.24) is 10.3 Å². The molecule has 84 valence electrons. The van der Waals surface area contributed by atoms with E-state index in [0.717, 1.165) is 6.54 Å². The number of rotatable bonds is 4. The first-order chi connectivity index (χ1) is 7.11. The number of nitrogens with zero attached hydrogens (tertiary/aromatic N) is 1. The van der Waals surface area contributed by atoms with Gasteiger partial charge in [-0.05, 0) is 32.1 Å². The summed E-state index contributed by atoms with van der Waals surface area (Å²) in [5.74, 6) is 0. The van der Waals surface area contributed by atoms with Crippen LogP contribution in [0.15, 0.2) is 5.51 Å². The van der Waals surface area contributed by atoms with Crippen molar-refractivity contribution in [2.75, 3.05) is 6.54 Å². The van der Waals surface area contributed by atoms with E-state index in [-0.39, 0.29) is 0 Å². The van der Waals surface area contributed by atoms with Gasteiger partial charge in [0.05, 0.1) is 11.2 Å². The van der Waals surface area contributed by atoms with E-state index in [1.807, 2.05) is 5.51 Å². The molecule has 2 rings (SSSR count). The number of nitrogens with one attached hydrogen (secondary N) is 1. The summed E-state index contributed by atoms with van der Waals surface area (Å²) in [6.45, 7) is 7.86. The monoisotopic (exact) mass is 224 g/mol. The van der Waals surface area contributed by atoms with Crippen molar-refractivity contribution in [3.8, 4) is 0 Å². The molecule has 1 saturated carbocycles. The summed E-state index contributed by atoms with van der Waals surface area (Å²) in [5.41, 5.74) is 3.68. The topological polar surface area (TPSA) is 24.9 Å². The van der Waals surface area contributed by atoms with Crippen LogP contribution in [0.1, 0.15) is 49.7 Å². The maximum Gasteiger partial charge on any atom is 0.0798 e. The fourth-order valence-corrected chi connectivity index (χ4v) is 3.01. The molecular formula is C12H20N2S. The van der Waals surface area contributed by atoms with Gasteiger partial charge in [-0.1, -0.05) is 13.3 Å². The lowest BCUT2D eigenvalue weighted by Crippen LogP contribution is -2.38. The van der Waals surface area contributed by atoms with E-state index in [1.54, 1.807) is 11.3 Å². The first-order valence-electron chi connectivity index (χ1n) is 5.74. The van der Waals surface area contributed by atoms with E-state index in [1.165, 1.54) is 29.8 Å². The van der Waals surface area contributed by atoms with Crippen LogP contribution in [-0.2, 0) is 0 Å². The van der Waals surface area contributed by atoms with Crippen LogP contribution in [0.4, 0.5) is 0 Å². The van der Waals surface area contributed by atoms with Gasteiger partial charge in [0, 0.05) is 17.5 Å². The van der Waals surface area contributed by atoms with Gasteiger partial charge >= 0.3 is 0 Å². The minimum Gasteiger partial charge on any atom is -0.309 e. The molecule has 1 aliphatic rings. The largest absolute Gasteiger partial charge is 0.309 e. The minimum absolute atomic E-state index is 0.454. The summed E-state index contributed by atoms with van der Waals surface area (Å²) < 4.78 is 0. The quantitative estimate of drug-likeness (QED) is 0.849. The van der Waals surface area contributed by atoms with Crippen molar-refractivity contribution < 1.29 is 0 Å². The fraction of sp³-hybridized carbons (Fsp3) is 0.750. The van der Waals surface area contributed by atoms with Crippen LogP contribution in [0.5, 0.6) is 0 Å². The third-order valence-corrected chi connectivity index (χ3v) is 4.69. The van der Waals surface area contributed by atoms with Crippen molar-refractivity contribution in [3.05, 3.63) is 16.1 Å². The third-order valence-electron chi connectivity index (χ3n) is 3.57. The lowest BCUT2D eigenvalue weighted by molar-refractivity contribution is 0.152. The average molecular weight is 224 g/mol. The number of thiazole rings is 1. The molecule has 0 bridgehead atoms. The van der Waals surface area contributed by atoms with Gasteiger partial charge in [-0.3, -0.25) is 0 Å². The predicted molar refractivity (Wildman–Crippen MR) is 65.2 cm³/mol. The Morgan fingerprint density at radius 2 is 2.33 bits per heavy atom. The molecule has 0 aromatic carbocycles. The lowest BCUT2D eigenvalue weighted by atomic mass is 9.70. The molecule has 0 spiro atoms. The van der Waals surface area contributed by atoms with Crippen molar-refractivity contribution in [3.63, 3.8) is 0 Å². The summed E-state index contributed by atoms with van der Waals surface area (Å²) in [6, 6.07) is 0.454. The summed E-state index contributed by atoms with van der Waals surface area (Å²) >= 11 is 1.76. The number of hydrogen-bond donors (Lipinski definition) is 1. The molecule has 1 aromatic rings. The van der Waals surface area contributed by atoms with E-state index >= 15 is 0 Å². The third kappa shape index (κ3) is 2.40. The Bertz CT molecular complexity index is 328. The highest BCUT2D eigenvalue weighted by Gasteiger charge is 2.31. The second kappa shape index (κ2) is 4.22. The molecule has 0 amide bonds. The number of aryl methyl sites for hydroxylation is 1. The van der Waals surface area contributed by atoms with Gasteiger partial charge < -0.3 is 5.32 Å². The van der Waals surface area contributed by atoms with E-state index in [4.69, 9.17) is 0 Å². The van der Waals surface area contributed by atoms with E-state index in [2.05, 4.69) is 31.1 Å². The Morgan fingerprint density at radius 1 is 1.60 bits per heavy atom. The Hall–Kier alpha value is -0.410. The van der Waals surface area contributed by atoms with Gasteiger partial charge in [0.1, 0.15) is 0 Å². The van der Waals surface area contributed by atoms with Crippen LogP contribution in [0.25, 0.3) is 0 Å². The molecular weight excluding hydrogens is 204 g/mol. The van der Waals surface area contributed by atoms with Crippen molar-refractivity contribution in [1.29, 1.82) is 0 Å². The summed E-state index contributed by atoms with van der Waals surface area (Å²) in [6.07, 6.45) is 4.18. The van der Waals surface area contributed by atoms with E-state index in [0.29, 0.717) is 11.5 Å². The van der Waals surface area contributed by atoms with Gasteiger partial charge in [0.15, 0.2) is 0 Å². The van der Waals surface area contributed by atoms with E-state index in [9.17, 15) is 0 Å². The lowest BCUT2D eigenvalue weighted by Gasteiger charge is -2.39. The zero-order valence-corrected chi connectivity index (χ0v) is 10.7. The zero-order chi connectivity index (χ0) is 10.9. The molecule has 1 atom stereocenters. The molecule has 1 aromatic heterocycles. The number of hydrogen-bond acceptors (Lipinski definition) is 3. The van der Waals surface area contributed by atoms with Crippen LogP contribution in [0.2, 0.25) is 0 Å². The van der Waals surface area contributed by atoms with Gasteiger partial charge in [-0.25, -0.2) is 4.98 Å². The van der Waals surface area contributed by atoms with Crippen LogP contribution in [0.3, 0.4) is 0 Å². The minimum atomic E-state index is 0.454. The van der Waals surface area contributed by atoms with Gasteiger partial charge in [0.25, 0.3) is 0 Å². The first kappa shape index (κ1) is 11.1.